The van der Waals surface area contributed by atoms with Crippen LogP contribution in [0.3, 0.4) is 0 Å². The molecular weight excluding hydrogens is 260 g/mol. The van der Waals surface area contributed by atoms with E-state index < -0.39 is 5.82 Å². The number of aromatic nitrogens is 1. The van der Waals surface area contributed by atoms with Gasteiger partial charge in [0.1, 0.15) is 3.70 Å². The summed E-state index contributed by atoms with van der Waals surface area (Å²) < 4.78 is 18.4. The van der Waals surface area contributed by atoms with Crippen LogP contribution in [-0.4, -0.2) is 11.6 Å². The van der Waals surface area contributed by atoms with Crippen molar-refractivity contribution in [2.24, 2.45) is 0 Å². The van der Waals surface area contributed by atoms with Crippen molar-refractivity contribution in [1.82, 2.24) is 4.98 Å². The summed E-state index contributed by atoms with van der Waals surface area (Å²) >= 11 is 2.00. The standard InChI is InChI=1S/C7H7FINO/c1-2-11-7-5(8)3-4-6(9)10-7/h3-4H,2H2,1H3. The number of halogens is 2. The first-order chi connectivity index (χ1) is 5.24. The van der Waals surface area contributed by atoms with Crippen molar-refractivity contribution < 1.29 is 9.13 Å². The third-order valence-corrected chi connectivity index (χ3v) is 1.66. The lowest BCUT2D eigenvalue weighted by Crippen LogP contribution is -1.98. The summed E-state index contributed by atoms with van der Waals surface area (Å²) in [6, 6.07) is 2.94. The smallest absolute Gasteiger partial charge is 0.251 e. The van der Waals surface area contributed by atoms with E-state index in [4.69, 9.17) is 4.74 Å². The van der Waals surface area contributed by atoms with Crippen molar-refractivity contribution in [3.05, 3.63) is 21.7 Å². The third-order valence-electron chi connectivity index (χ3n) is 1.06. The highest BCUT2D eigenvalue weighted by Crippen LogP contribution is 2.14. The molecule has 0 amide bonds. The number of rotatable bonds is 2. The largest absolute Gasteiger partial charge is 0.476 e. The van der Waals surface area contributed by atoms with Crippen molar-refractivity contribution in [3.63, 3.8) is 0 Å². The lowest BCUT2D eigenvalue weighted by atomic mass is 10.5. The predicted molar refractivity (Wildman–Crippen MR) is 48.1 cm³/mol. The molecule has 0 aliphatic heterocycles. The zero-order chi connectivity index (χ0) is 8.27. The summed E-state index contributed by atoms with van der Waals surface area (Å²) in [5.41, 5.74) is 0. The number of pyridine rings is 1. The van der Waals surface area contributed by atoms with Gasteiger partial charge in [0.2, 0.25) is 0 Å². The molecule has 0 aliphatic carbocycles. The van der Waals surface area contributed by atoms with Gasteiger partial charge in [0.25, 0.3) is 5.88 Å². The molecule has 2 nitrogen and oxygen atoms in total. The second-order valence-electron chi connectivity index (χ2n) is 1.85. The highest BCUT2D eigenvalue weighted by Gasteiger charge is 2.03. The van der Waals surface area contributed by atoms with Crippen LogP contribution < -0.4 is 4.74 Å². The lowest BCUT2D eigenvalue weighted by Gasteiger charge is -2.02. The fourth-order valence-electron chi connectivity index (χ4n) is 0.639. The number of hydrogen-bond acceptors (Lipinski definition) is 2. The summed E-state index contributed by atoms with van der Waals surface area (Å²) in [6.45, 7) is 2.23. The van der Waals surface area contributed by atoms with E-state index in [9.17, 15) is 4.39 Å². The minimum absolute atomic E-state index is 0.0828. The van der Waals surface area contributed by atoms with Gasteiger partial charge in [0.15, 0.2) is 5.82 Å². The van der Waals surface area contributed by atoms with Gasteiger partial charge in [-0.05, 0) is 41.6 Å². The molecule has 1 heterocycles. The SMILES string of the molecule is CCOc1nc(I)ccc1F. The van der Waals surface area contributed by atoms with E-state index in [1.54, 1.807) is 13.0 Å². The molecule has 4 heteroatoms. The molecule has 0 saturated heterocycles. The Morgan fingerprint density at radius 3 is 3.00 bits per heavy atom. The Balaban J connectivity index is 2.93. The molecule has 1 aromatic rings. The molecule has 0 N–H and O–H groups in total. The molecule has 0 spiro atoms. The normalized spacial score (nSPS) is 9.73. The van der Waals surface area contributed by atoms with Crippen molar-refractivity contribution in [2.45, 2.75) is 6.92 Å². The van der Waals surface area contributed by atoms with Gasteiger partial charge < -0.3 is 4.74 Å². The summed E-state index contributed by atoms with van der Waals surface area (Å²) in [7, 11) is 0. The number of nitrogens with zero attached hydrogens (tertiary/aromatic N) is 1. The predicted octanol–water partition coefficient (Wildman–Crippen LogP) is 2.22. The molecule has 0 aliphatic rings. The van der Waals surface area contributed by atoms with E-state index in [0.717, 1.165) is 3.70 Å². The van der Waals surface area contributed by atoms with Gasteiger partial charge in [-0.2, -0.15) is 0 Å². The van der Waals surface area contributed by atoms with E-state index in [-0.39, 0.29) is 5.88 Å². The molecule has 0 fully saturated rings. The zero-order valence-electron chi connectivity index (χ0n) is 5.97. The summed E-state index contributed by atoms with van der Waals surface area (Å²) in [5.74, 6) is -0.327. The zero-order valence-corrected chi connectivity index (χ0v) is 8.13. The van der Waals surface area contributed by atoms with Crippen LogP contribution in [0.4, 0.5) is 4.39 Å². The maximum atomic E-state index is 12.8. The van der Waals surface area contributed by atoms with E-state index in [0.29, 0.717) is 6.61 Å². The van der Waals surface area contributed by atoms with Gasteiger partial charge >= 0.3 is 0 Å². The van der Waals surface area contributed by atoms with Crippen LogP contribution in [0.15, 0.2) is 12.1 Å². The molecule has 60 valence electrons. The van der Waals surface area contributed by atoms with Crippen molar-refractivity contribution >= 4 is 22.6 Å². The Bertz CT molecular complexity index is 254. The summed E-state index contributed by atoms with van der Waals surface area (Å²) in [4.78, 5) is 3.85. The molecule has 11 heavy (non-hydrogen) atoms. The summed E-state index contributed by atoms with van der Waals surface area (Å²) in [5, 5.41) is 0. The lowest BCUT2D eigenvalue weighted by molar-refractivity contribution is 0.306. The molecule has 1 aromatic heterocycles. The van der Waals surface area contributed by atoms with Gasteiger partial charge in [0, 0.05) is 0 Å². The first-order valence-corrected chi connectivity index (χ1v) is 4.26. The monoisotopic (exact) mass is 267 g/mol. The molecule has 1 rings (SSSR count). The highest BCUT2D eigenvalue weighted by molar-refractivity contribution is 14.1. The molecular formula is C7H7FINO. The Labute approximate surface area is 77.9 Å². The van der Waals surface area contributed by atoms with E-state index in [1.165, 1.54) is 6.07 Å². The van der Waals surface area contributed by atoms with Gasteiger partial charge in [-0.15, -0.1) is 0 Å². The minimum atomic E-state index is -0.410. The second kappa shape index (κ2) is 3.85. The topological polar surface area (TPSA) is 22.1 Å². The van der Waals surface area contributed by atoms with Gasteiger partial charge in [-0.1, -0.05) is 0 Å². The minimum Gasteiger partial charge on any atom is -0.476 e. The fraction of sp³-hybridized carbons (Fsp3) is 0.286. The third kappa shape index (κ3) is 2.28. The van der Waals surface area contributed by atoms with Crippen molar-refractivity contribution in [2.75, 3.05) is 6.61 Å². The Morgan fingerprint density at radius 1 is 1.64 bits per heavy atom. The fourth-order valence-corrected chi connectivity index (χ4v) is 1.04. The van der Waals surface area contributed by atoms with Crippen LogP contribution in [0.25, 0.3) is 0 Å². The van der Waals surface area contributed by atoms with Gasteiger partial charge in [-0.3, -0.25) is 0 Å². The molecule has 0 aromatic carbocycles. The number of ether oxygens (including phenoxy) is 1. The first-order valence-electron chi connectivity index (χ1n) is 3.19. The summed E-state index contributed by atoms with van der Waals surface area (Å²) in [6.07, 6.45) is 0. The molecule has 0 bridgehead atoms. The highest BCUT2D eigenvalue weighted by atomic mass is 127. The number of hydrogen-bond donors (Lipinski definition) is 0. The van der Waals surface area contributed by atoms with Crippen LogP contribution in [-0.2, 0) is 0 Å². The van der Waals surface area contributed by atoms with Crippen LogP contribution in [0.1, 0.15) is 6.92 Å². The van der Waals surface area contributed by atoms with Crippen molar-refractivity contribution in [3.8, 4) is 5.88 Å². The average molecular weight is 267 g/mol. The molecule has 0 unspecified atom stereocenters. The molecule has 0 atom stereocenters. The van der Waals surface area contributed by atoms with Crippen LogP contribution >= 0.6 is 22.6 Å². The van der Waals surface area contributed by atoms with Crippen LogP contribution in [0, 0.1) is 9.52 Å². The second-order valence-corrected chi connectivity index (χ2v) is 2.96. The quantitative estimate of drug-likeness (QED) is 0.605. The Morgan fingerprint density at radius 2 is 2.36 bits per heavy atom. The average Bonchev–Trinajstić information content (AvgIpc) is 1.98. The Hall–Kier alpha value is -0.390. The molecule has 0 saturated carbocycles. The maximum Gasteiger partial charge on any atom is 0.251 e. The van der Waals surface area contributed by atoms with Crippen molar-refractivity contribution in [1.29, 1.82) is 0 Å². The van der Waals surface area contributed by atoms with Gasteiger partial charge in [0.05, 0.1) is 6.61 Å². The Kier molecular flexibility index (Phi) is 3.04. The maximum absolute atomic E-state index is 12.8. The van der Waals surface area contributed by atoms with Gasteiger partial charge in [-0.25, -0.2) is 9.37 Å². The van der Waals surface area contributed by atoms with E-state index in [1.807, 2.05) is 22.6 Å². The van der Waals surface area contributed by atoms with E-state index in [2.05, 4.69) is 4.98 Å². The molecule has 0 radical (unpaired) electrons. The first kappa shape index (κ1) is 8.70. The van der Waals surface area contributed by atoms with E-state index >= 15 is 0 Å². The van der Waals surface area contributed by atoms with Crippen LogP contribution in [0.2, 0.25) is 0 Å². The van der Waals surface area contributed by atoms with Crippen LogP contribution in [0.5, 0.6) is 5.88 Å².